The predicted molar refractivity (Wildman–Crippen MR) is 87.8 cm³/mol. The number of nitro benzene ring substituents is 1. The molecule has 2 aromatic rings. The van der Waals surface area contributed by atoms with Crippen molar-refractivity contribution < 1.29 is 4.92 Å². The highest BCUT2D eigenvalue weighted by atomic mass is 32.2. The number of nitro groups is 1. The molecule has 1 N–H and O–H groups in total. The Morgan fingerprint density at radius 2 is 2.33 bits per heavy atom. The third kappa shape index (κ3) is 3.25. The molecule has 1 saturated heterocycles. The zero-order valence-electron chi connectivity index (χ0n) is 13.1. The number of hydrogen-bond acceptors (Lipinski definition) is 7. The number of aromatic nitrogens is 3. The average molecular weight is 344 g/mol. The van der Waals surface area contributed by atoms with Gasteiger partial charge in [-0.15, -0.1) is 10.2 Å². The van der Waals surface area contributed by atoms with E-state index in [9.17, 15) is 10.1 Å². The fourth-order valence-corrected chi connectivity index (χ4v) is 3.70. The highest BCUT2D eigenvalue weighted by Gasteiger charge is 2.23. The summed E-state index contributed by atoms with van der Waals surface area (Å²) in [6.45, 7) is 1.88. The molecule has 0 saturated carbocycles. The highest BCUT2D eigenvalue weighted by Crippen LogP contribution is 2.35. The lowest BCUT2D eigenvalue weighted by atomic mass is 9.99. The molecule has 0 aliphatic carbocycles. The molecule has 0 spiro atoms. The van der Waals surface area contributed by atoms with Gasteiger partial charge in [-0.05, 0) is 43.3 Å². The van der Waals surface area contributed by atoms with Gasteiger partial charge in [-0.2, -0.15) is 5.26 Å². The van der Waals surface area contributed by atoms with Crippen LogP contribution in [-0.2, 0) is 7.05 Å². The number of rotatable bonds is 4. The van der Waals surface area contributed by atoms with E-state index in [0.717, 1.165) is 43.5 Å². The number of nitrogens with zero attached hydrogens (tertiary/aromatic N) is 5. The van der Waals surface area contributed by atoms with Crippen LogP contribution in [0, 0.1) is 21.4 Å². The van der Waals surface area contributed by atoms with Gasteiger partial charge in [0.1, 0.15) is 5.82 Å². The summed E-state index contributed by atoms with van der Waals surface area (Å²) in [5.41, 5.74) is 0.338. The van der Waals surface area contributed by atoms with Gasteiger partial charge in [-0.25, -0.2) is 0 Å². The van der Waals surface area contributed by atoms with Crippen LogP contribution in [0.1, 0.15) is 30.1 Å². The lowest BCUT2D eigenvalue weighted by molar-refractivity contribution is -0.387. The molecular weight excluding hydrogens is 328 g/mol. The van der Waals surface area contributed by atoms with Crippen molar-refractivity contribution in [3.8, 4) is 6.07 Å². The monoisotopic (exact) mass is 344 g/mol. The van der Waals surface area contributed by atoms with E-state index in [1.807, 2.05) is 17.7 Å². The molecule has 1 aliphatic heterocycles. The second kappa shape index (κ2) is 6.98. The van der Waals surface area contributed by atoms with Crippen molar-refractivity contribution in [3.63, 3.8) is 0 Å². The first-order valence-corrected chi connectivity index (χ1v) is 8.38. The van der Waals surface area contributed by atoms with Gasteiger partial charge in [0.25, 0.3) is 5.69 Å². The first kappa shape index (κ1) is 16.4. The maximum atomic E-state index is 11.2. The molecule has 1 aromatic carbocycles. The van der Waals surface area contributed by atoms with Gasteiger partial charge in [0.15, 0.2) is 5.16 Å². The maximum absolute atomic E-state index is 11.2. The lowest BCUT2D eigenvalue weighted by Gasteiger charge is -2.21. The van der Waals surface area contributed by atoms with Gasteiger partial charge in [-0.3, -0.25) is 10.1 Å². The predicted octanol–water partition coefficient (Wildman–Crippen LogP) is 2.21. The maximum Gasteiger partial charge on any atom is 0.283 e. The molecule has 1 atom stereocenters. The molecule has 2 heterocycles. The molecular formula is C15H16N6O2S. The second-order valence-corrected chi connectivity index (χ2v) is 6.61. The third-order valence-corrected chi connectivity index (χ3v) is 5.10. The Morgan fingerprint density at radius 1 is 1.50 bits per heavy atom. The van der Waals surface area contributed by atoms with Gasteiger partial charge < -0.3 is 9.88 Å². The van der Waals surface area contributed by atoms with Crippen LogP contribution >= 0.6 is 11.8 Å². The van der Waals surface area contributed by atoms with Gasteiger partial charge in [-0.1, -0.05) is 0 Å². The van der Waals surface area contributed by atoms with E-state index in [0.29, 0.717) is 21.5 Å². The summed E-state index contributed by atoms with van der Waals surface area (Å²) >= 11 is 1.16. The van der Waals surface area contributed by atoms with Crippen LogP contribution in [0.4, 0.5) is 5.69 Å². The van der Waals surface area contributed by atoms with Crippen LogP contribution in [0.5, 0.6) is 0 Å². The van der Waals surface area contributed by atoms with Crippen molar-refractivity contribution >= 4 is 17.4 Å². The Bertz CT molecular complexity index is 807. The Balaban J connectivity index is 1.90. The Labute approximate surface area is 143 Å². The van der Waals surface area contributed by atoms with Gasteiger partial charge in [0, 0.05) is 25.6 Å². The van der Waals surface area contributed by atoms with E-state index in [1.54, 1.807) is 0 Å². The molecule has 124 valence electrons. The van der Waals surface area contributed by atoms with Crippen molar-refractivity contribution in [3.05, 3.63) is 39.7 Å². The first-order valence-electron chi connectivity index (χ1n) is 7.56. The zero-order chi connectivity index (χ0) is 17.1. The van der Waals surface area contributed by atoms with Gasteiger partial charge in [0.05, 0.1) is 21.5 Å². The number of piperidine rings is 1. The van der Waals surface area contributed by atoms with E-state index in [4.69, 9.17) is 5.26 Å². The highest BCUT2D eigenvalue weighted by molar-refractivity contribution is 7.99. The first-order chi connectivity index (χ1) is 11.6. The lowest BCUT2D eigenvalue weighted by Crippen LogP contribution is -2.29. The van der Waals surface area contributed by atoms with Crippen LogP contribution in [0.2, 0.25) is 0 Å². The fourth-order valence-electron chi connectivity index (χ4n) is 2.76. The zero-order valence-corrected chi connectivity index (χ0v) is 13.9. The van der Waals surface area contributed by atoms with Crippen molar-refractivity contribution in [2.75, 3.05) is 13.1 Å². The largest absolute Gasteiger partial charge is 0.316 e. The summed E-state index contributed by atoms with van der Waals surface area (Å²) in [5.74, 6) is 1.18. The molecule has 0 amide bonds. The number of nitriles is 1. The van der Waals surface area contributed by atoms with Crippen molar-refractivity contribution in [2.45, 2.75) is 28.8 Å². The second-order valence-electron chi connectivity index (χ2n) is 5.60. The molecule has 0 radical (unpaired) electrons. The minimum Gasteiger partial charge on any atom is -0.316 e. The van der Waals surface area contributed by atoms with Crippen molar-refractivity contribution in [2.24, 2.45) is 7.05 Å². The van der Waals surface area contributed by atoms with Gasteiger partial charge in [0.2, 0.25) is 0 Å². The summed E-state index contributed by atoms with van der Waals surface area (Å²) in [6, 6.07) is 6.31. The van der Waals surface area contributed by atoms with E-state index in [2.05, 4.69) is 15.5 Å². The quantitative estimate of drug-likeness (QED) is 0.669. The number of benzene rings is 1. The minimum absolute atomic E-state index is 0.0390. The molecule has 3 rings (SSSR count). The Hall–Kier alpha value is -2.44. The molecule has 1 aliphatic rings. The van der Waals surface area contributed by atoms with Crippen LogP contribution in [0.3, 0.4) is 0 Å². The third-order valence-electron chi connectivity index (χ3n) is 4.02. The van der Waals surface area contributed by atoms with E-state index < -0.39 is 4.92 Å². The van der Waals surface area contributed by atoms with Crippen LogP contribution in [0.25, 0.3) is 0 Å². The summed E-state index contributed by atoms with van der Waals surface area (Å²) in [4.78, 5) is 11.1. The molecule has 9 heteroatoms. The summed E-state index contributed by atoms with van der Waals surface area (Å²) in [5, 5.41) is 32.6. The molecule has 8 nitrogen and oxygen atoms in total. The van der Waals surface area contributed by atoms with E-state index in [-0.39, 0.29) is 5.69 Å². The topological polar surface area (TPSA) is 110 Å². The number of nitrogens with one attached hydrogen (secondary N) is 1. The SMILES string of the molecule is Cn1c(Sc2cc(C#N)ccc2[N+](=O)[O-])nnc1C1CCCNC1. The average Bonchev–Trinajstić information content (AvgIpc) is 2.96. The molecule has 24 heavy (non-hydrogen) atoms. The van der Waals surface area contributed by atoms with Crippen molar-refractivity contribution in [1.29, 1.82) is 5.26 Å². The standard InChI is InChI=1S/C15H16N6O2S/c1-20-14(11-3-2-6-17-9-11)18-19-15(20)24-13-7-10(8-16)4-5-12(13)21(22)23/h4-5,7,11,17H,2-3,6,9H2,1H3. The summed E-state index contributed by atoms with van der Waals surface area (Å²) in [7, 11) is 1.87. The summed E-state index contributed by atoms with van der Waals surface area (Å²) < 4.78 is 1.88. The molecule has 1 aromatic heterocycles. The Kier molecular flexibility index (Phi) is 4.78. The van der Waals surface area contributed by atoms with E-state index in [1.165, 1.54) is 18.2 Å². The smallest absolute Gasteiger partial charge is 0.283 e. The normalized spacial score (nSPS) is 17.4. The summed E-state index contributed by atoms with van der Waals surface area (Å²) in [6.07, 6.45) is 2.14. The van der Waals surface area contributed by atoms with E-state index >= 15 is 0 Å². The van der Waals surface area contributed by atoms with Gasteiger partial charge >= 0.3 is 0 Å². The molecule has 1 fully saturated rings. The number of hydrogen-bond donors (Lipinski definition) is 1. The minimum atomic E-state index is -0.453. The van der Waals surface area contributed by atoms with Crippen LogP contribution in [-0.4, -0.2) is 32.8 Å². The molecule has 1 unspecified atom stereocenters. The molecule has 0 bridgehead atoms. The Morgan fingerprint density at radius 3 is 3.00 bits per heavy atom. The van der Waals surface area contributed by atoms with Crippen molar-refractivity contribution in [1.82, 2.24) is 20.1 Å². The van der Waals surface area contributed by atoms with Crippen LogP contribution in [0.15, 0.2) is 28.3 Å². The van der Waals surface area contributed by atoms with Crippen LogP contribution < -0.4 is 5.32 Å². The fraction of sp³-hybridized carbons (Fsp3) is 0.400.